The lowest BCUT2D eigenvalue weighted by molar-refractivity contribution is -0.119. The zero-order valence-electron chi connectivity index (χ0n) is 14.9. The van der Waals surface area contributed by atoms with Crippen molar-refractivity contribution in [3.05, 3.63) is 0 Å². The van der Waals surface area contributed by atoms with Gasteiger partial charge in [-0.1, -0.05) is 0 Å². The molecule has 23 heavy (non-hydrogen) atoms. The third-order valence-electron chi connectivity index (χ3n) is 4.56. The molecule has 0 spiro atoms. The van der Waals surface area contributed by atoms with Gasteiger partial charge in [-0.15, -0.1) is 0 Å². The van der Waals surface area contributed by atoms with Crippen LogP contribution in [0.2, 0.25) is 0 Å². The Labute approximate surface area is 139 Å². The average molecular weight is 325 g/mol. The van der Waals surface area contributed by atoms with E-state index in [1.807, 2.05) is 20.8 Å². The minimum atomic E-state index is -0.449. The first-order valence-electron chi connectivity index (χ1n) is 8.73. The molecule has 6 heteroatoms. The van der Waals surface area contributed by atoms with Gasteiger partial charge >= 0.3 is 6.09 Å². The Morgan fingerprint density at radius 3 is 2.22 bits per heavy atom. The number of hydrogen-bond acceptors (Lipinski definition) is 4. The molecule has 0 radical (unpaired) electrons. The van der Waals surface area contributed by atoms with E-state index in [9.17, 15) is 9.59 Å². The summed E-state index contributed by atoms with van der Waals surface area (Å²) < 4.78 is 5.32. The Hall–Kier alpha value is -1.30. The summed E-state index contributed by atoms with van der Waals surface area (Å²) >= 11 is 0. The molecule has 1 aliphatic heterocycles. The summed E-state index contributed by atoms with van der Waals surface area (Å²) in [5.41, 5.74) is -0.449. The van der Waals surface area contributed by atoms with Crippen LogP contribution in [0, 0.1) is 0 Å². The van der Waals surface area contributed by atoms with Gasteiger partial charge in [0.2, 0.25) is 5.91 Å². The Bertz CT molecular complexity index is 425. The molecule has 2 N–H and O–H groups in total. The van der Waals surface area contributed by atoms with Gasteiger partial charge in [-0.25, -0.2) is 4.79 Å². The molecule has 1 heterocycles. The summed E-state index contributed by atoms with van der Waals surface area (Å²) in [6.45, 7) is 9.22. The molecule has 0 aromatic carbocycles. The molecule has 0 aromatic rings. The lowest BCUT2D eigenvalue weighted by atomic mass is 9.90. The third-order valence-corrected chi connectivity index (χ3v) is 4.56. The van der Waals surface area contributed by atoms with Crippen LogP contribution < -0.4 is 10.6 Å². The molecular weight excluding hydrogens is 294 g/mol. The van der Waals surface area contributed by atoms with Crippen LogP contribution in [0.1, 0.15) is 59.8 Å². The van der Waals surface area contributed by atoms with Crippen molar-refractivity contribution in [3.63, 3.8) is 0 Å². The van der Waals surface area contributed by atoms with Gasteiger partial charge in [0.05, 0.1) is 0 Å². The Kier molecular flexibility index (Phi) is 5.89. The fourth-order valence-corrected chi connectivity index (χ4v) is 3.58. The molecule has 132 valence electrons. The largest absolute Gasteiger partial charge is 0.444 e. The first kappa shape index (κ1) is 18.0. The SMILES string of the molecule is CC(=O)NC1CCN(C2CCC(NC(=O)OC(C)(C)C)CC2)C1. The summed E-state index contributed by atoms with van der Waals surface area (Å²) in [7, 11) is 0. The van der Waals surface area contributed by atoms with E-state index in [1.54, 1.807) is 6.92 Å². The molecule has 2 aliphatic rings. The number of amides is 2. The fourth-order valence-electron chi connectivity index (χ4n) is 3.58. The average Bonchev–Trinajstić information content (AvgIpc) is 2.85. The van der Waals surface area contributed by atoms with Crippen molar-refractivity contribution < 1.29 is 14.3 Å². The van der Waals surface area contributed by atoms with Crippen molar-refractivity contribution in [2.75, 3.05) is 13.1 Å². The van der Waals surface area contributed by atoms with Crippen molar-refractivity contribution in [2.24, 2.45) is 0 Å². The standard InChI is InChI=1S/C17H31N3O3/c1-12(21)18-14-9-10-20(11-14)15-7-5-13(6-8-15)19-16(22)23-17(2,3)4/h13-15H,5-11H2,1-4H3,(H,18,21)(H,19,22). The maximum atomic E-state index is 11.8. The van der Waals surface area contributed by atoms with Gasteiger partial charge in [0.25, 0.3) is 0 Å². The highest BCUT2D eigenvalue weighted by Gasteiger charge is 2.32. The van der Waals surface area contributed by atoms with Gasteiger partial charge < -0.3 is 15.4 Å². The molecule has 1 unspecified atom stereocenters. The number of nitrogens with one attached hydrogen (secondary N) is 2. The van der Waals surface area contributed by atoms with Crippen LogP contribution in [-0.4, -0.2) is 53.7 Å². The molecular formula is C17H31N3O3. The van der Waals surface area contributed by atoms with E-state index in [0.717, 1.165) is 45.2 Å². The summed E-state index contributed by atoms with van der Waals surface area (Å²) in [6.07, 6.45) is 4.89. The van der Waals surface area contributed by atoms with Crippen LogP contribution in [-0.2, 0) is 9.53 Å². The molecule has 1 saturated carbocycles. The number of alkyl carbamates (subject to hydrolysis) is 1. The first-order chi connectivity index (χ1) is 10.7. The van der Waals surface area contributed by atoms with Crippen LogP contribution >= 0.6 is 0 Å². The minimum Gasteiger partial charge on any atom is -0.444 e. The van der Waals surface area contributed by atoms with Crippen molar-refractivity contribution in [1.29, 1.82) is 0 Å². The second-order valence-corrected chi connectivity index (χ2v) is 7.83. The molecule has 0 aromatic heterocycles. The first-order valence-corrected chi connectivity index (χ1v) is 8.73. The van der Waals surface area contributed by atoms with E-state index in [1.165, 1.54) is 0 Å². The molecule has 2 fully saturated rings. The van der Waals surface area contributed by atoms with Gasteiger partial charge in [-0.3, -0.25) is 9.69 Å². The lowest BCUT2D eigenvalue weighted by Crippen LogP contribution is -2.45. The maximum Gasteiger partial charge on any atom is 0.407 e. The molecule has 1 saturated heterocycles. The van der Waals surface area contributed by atoms with E-state index in [0.29, 0.717) is 12.1 Å². The minimum absolute atomic E-state index is 0.0575. The van der Waals surface area contributed by atoms with Crippen LogP contribution in [0.3, 0.4) is 0 Å². The highest BCUT2D eigenvalue weighted by atomic mass is 16.6. The summed E-state index contributed by atoms with van der Waals surface area (Å²) in [6, 6.07) is 1.09. The van der Waals surface area contributed by atoms with Gasteiger partial charge in [-0.05, 0) is 52.9 Å². The van der Waals surface area contributed by atoms with Gasteiger partial charge in [0.1, 0.15) is 5.60 Å². The second kappa shape index (κ2) is 7.51. The summed E-state index contributed by atoms with van der Waals surface area (Å²) in [5, 5.41) is 6.00. The summed E-state index contributed by atoms with van der Waals surface area (Å²) in [5.74, 6) is 0.0575. The second-order valence-electron chi connectivity index (χ2n) is 7.83. The molecule has 1 aliphatic carbocycles. The Balaban J connectivity index is 1.70. The molecule has 2 amide bonds. The molecule has 0 bridgehead atoms. The van der Waals surface area contributed by atoms with Gasteiger partial charge in [0, 0.05) is 38.1 Å². The number of carbonyl (C=O) groups excluding carboxylic acids is 2. The van der Waals surface area contributed by atoms with Crippen molar-refractivity contribution in [1.82, 2.24) is 15.5 Å². The number of carbonyl (C=O) groups is 2. The Morgan fingerprint density at radius 2 is 1.65 bits per heavy atom. The number of rotatable bonds is 3. The predicted molar refractivity (Wildman–Crippen MR) is 89.2 cm³/mol. The van der Waals surface area contributed by atoms with Gasteiger partial charge in [-0.2, -0.15) is 0 Å². The Morgan fingerprint density at radius 1 is 1.00 bits per heavy atom. The number of nitrogens with zero attached hydrogens (tertiary/aromatic N) is 1. The molecule has 2 rings (SSSR count). The normalized spacial score (nSPS) is 29.1. The summed E-state index contributed by atoms with van der Waals surface area (Å²) in [4.78, 5) is 25.5. The van der Waals surface area contributed by atoms with E-state index < -0.39 is 5.60 Å². The van der Waals surface area contributed by atoms with Crippen molar-refractivity contribution in [3.8, 4) is 0 Å². The van der Waals surface area contributed by atoms with Crippen LogP contribution in [0.5, 0.6) is 0 Å². The number of ether oxygens (including phenoxy) is 1. The molecule has 1 atom stereocenters. The van der Waals surface area contributed by atoms with E-state index >= 15 is 0 Å². The van der Waals surface area contributed by atoms with Crippen LogP contribution in [0.25, 0.3) is 0 Å². The topological polar surface area (TPSA) is 70.7 Å². The zero-order chi connectivity index (χ0) is 17.0. The lowest BCUT2D eigenvalue weighted by Gasteiger charge is -2.35. The highest BCUT2D eigenvalue weighted by Crippen LogP contribution is 2.26. The number of likely N-dealkylation sites (tertiary alicyclic amines) is 1. The van der Waals surface area contributed by atoms with E-state index in [2.05, 4.69) is 15.5 Å². The van der Waals surface area contributed by atoms with Gasteiger partial charge in [0.15, 0.2) is 0 Å². The predicted octanol–water partition coefficient (Wildman–Crippen LogP) is 2.03. The monoisotopic (exact) mass is 325 g/mol. The van der Waals surface area contributed by atoms with Crippen molar-refractivity contribution in [2.45, 2.75) is 83.5 Å². The fraction of sp³-hybridized carbons (Fsp3) is 0.882. The van der Waals surface area contributed by atoms with Crippen LogP contribution in [0.15, 0.2) is 0 Å². The van der Waals surface area contributed by atoms with E-state index in [-0.39, 0.29) is 18.0 Å². The van der Waals surface area contributed by atoms with Crippen LogP contribution in [0.4, 0.5) is 4.79 Å². The maximum absolute atomic E-state index is 11.8. The van der Waals surface area contributed by atoms with E-state index in [4.69, 9.17) is 4.74 Å². The zero-order valence-corrected chi connectivity index (χ0v) is 14.9. The highest BCUT2D eigenvalue weighted by molar-refractivity contribution is 5.73. The smallest absolute Gasteiger partial charge is 0.407 e. The van der Waals surface area contributed by atoms with Crippen molar-refractivity contribution >= 4 is 12.0 Å². The third kappa shape index (κ3) is 6.01. The number of hydrogen-bond donors (Lipinski definition) is 2. The quantitative estimate of drug-likeness (QED) is 0.833. The molecule has 6 nitrogen and oxygen atoms in total.